The van der Waals surface area contributed by atoms with E-state index in [1.165, 1.54) is 0 Å². The summed E-state index contributed by atoms with van der Waals surface area (Å²) in [7, 11) is 1.64. The van der Waals surface area contributed by atoms with Gasteiger partial charge in [-0.25, -0.2) is 0 Å². The monoisotopic (exact) mass is 276 g/mol. The number of aliphatic hydroxyl groups excluding tert-OH is 1. The second-order valence-corrected chi connectivity index (χ2v) is 4.90. The lowest BCUT2D eigenvalue weighted by Crippen LogP contribution is -2.13. The summed E-state index contributed by atoms with van der Waals surface area (Å²) < 4.78 is 10.5. The first-order valence-electron chi connectivity index (χ1n) is 6.73. The molecule has 0 bridgehead atoms. The molecular weight excluding hydrogens is 256 g/mol. The van der Waals surface area contributed by atoms with Crippen LogP contribution in [-0.2, 0) is 0 Å². The van der Waals surface area contributed by atoms with Gasteiger partial charge in [-0.2, -0.15) is 4.98 Å². The SMILES string of the molecule is CCC(c1nc(-c2ccc(OC)c(C)c2)no1)C(C)O. The predicted molar refractivity (Wildman–Crippen MR) is 75.7 cm³/mol. The molecule has 1 N–H and O–H groups in total. The van der Waals surface area contributed by atoms with Crippen molar-refractivity contribution in [2.24, 2.45) is 0 Å². The van der Waals surface area contributed by atoms with Crippen molar-refractivity contribution in [1.82, 2.24) is 10.1 Å². The van der Waals surface area contributed by atoms with Crippen LogP contribution in [0.25, 0.3) is 11.4 Å². The molecule has 0 saturated heterocycles. The van der Waals surface area contributed by atoms with E-state index in [0.717, 1.165) is 23.3 Å². The van der Waals surface area contributed by atoms with Gasteiger partial charge in [0.1, 0.15) is 5.75 Å². The Morgan fingerprint density at radius 2 is 2.15 bits per heavy atom. The van der Waals surface area contributed by atoms with E-state index in [-0.39, 0.29) is 5.92 Å². The second kappa shape index (κ2) is 6.05. The van der Waals surface area contributed by atoms with Crippen molar-refractivity contribution < 1.29 is 14.4 Å². The predicted octanol–water partition coefficient (Wildman–Crippen LogP) is 2.93. The zero-order chi connectivity index (χ0) is 14.7. The summed E-state index contributed by atoms with van der Waals surface area (Å²) in [5.41, 5.74) is 1.89. The van der Waals surface area contributed by atoms with Crippen molar-refractivity contribution in [3.63, 3.8) is 0 Å². The van der Waals surface area contributed by atoms with Crippen LogP contribution < -0.4 is 4.74 Å². The number of aryl methyl sites for hydroxylation is 1. The first kappa shape index (κ1) is 14.5. The van der Waals surface area contributed by atoms with E-state index < -0.39 is 6.10 Å². The van der Waals surface area contributed by atoms with Crippen molar-refractivity contribution >= 4 is 0 Å². The number of methoxy groups -OCH3 is 1. The maximum absolute atomic E-state index is 9.71. The van der Waals surface area contributed by atoms with Gasteiger partial charge in [0.2, 0.25) is 11.7 Å². The van der Waals surface area contributed by atoms with Gasteiger partial charge in [0.15, 0.2) is 0 Å². The third kappa shape index (κ3) is 2.82. The van der Waals surface area contributed by atoms with Gasteiger partial charge in [-0.05, 0) is 44.0 Å². The third-order valence-corrected chi connectivity index (χ3v) is 3.43. The van der Waals surface area contributed by atoms with Crippen LogP contribution in [0.1, 0.15) is 37.6 Å². The van der Waals surface area contributed by atoms with E-state index in [2.05, 4.69) is 10.1 Å². The molecule has 2 unspecified atom stereocenters. The Morgan fingerprint density at radius 3 is 2.70 bits per heavy atom. The van der Waals surface area contributed by atoms with Crippen LogP contribution >= 0.6 is 0 Å². The maximum atomic E-state index is 9.71. The molecule has 0 aliphatic carbocycles. The number of aliphatic hydroxyl groups is 1. The van der Waals surface area contributed by atoms with Gasteiger partial charge in [-0.3, -0.25) is 0 Å². The summed E-state index contributed by atoms with van der Waals surface area (Å²) in [4.78, 5) is 4.39. The average molecular weight is 276 g/mol. The molecule has 0 aliphatic heterocycles. The summed E-state index contributed by atoms with van der Waals surface area (Å²) in [6.45, 7) is 5.68. The van der Waals surface area contributed by atoms with E-state index in [9.17, 15) is 5.11 Å². The molecule has 0 radical (unpaired) electrons. The highest BCUT2D eigenvalue weighted by molar-refractivity contribution is 5.58. The fraction of sp³-hybridized carbons (Fsp3) is 0.467. The number of rotatable bonds is 5. The molecule has 5 heteroatoms. The molecule has 1 aromatic carbocycles. The zero-order valence-electron chi connectivity index (χ0n) is 12.3. The smallest absolute Gasteiger partial charge is 0.232 e. The van der Waals surface area contributed by atoms with Crippen LogP contribution in [0.5, 0.6) is 5.75 Å². The molecule has 2 aromatic rings. The van der Waals surface area contributed by atoms with Crippen LogP contribution in [0, 0.1) is 6.92 Å². The lowest BCUT2D eigenvalue weighted by atomic mass is 10.0. The molecular formula is C15H20N2O3. The van der Waals surface area contributed by atoms with Gasteiger partial charge in [-0.1, -0.05) is 12.1 Å². The summed E-state index contributed by atoms with van der Waals surface area (Å²) in [6.07, 6.45) is 0.243. The average Bonchev–Trinajstić information content (AvgIpc) is 2.88. The van der Waals surface area contributed by atoms with Crippen molar-refractivity contribution in [3.8, 4) is 17.1 Å². The second-order valence-electron chi connectivity index (χ2n) is 4.90. The lowest BCUT2D eigenvalue weighted by Gasteiger charge is -2.12. The van der Waals surface area contributed by atoms with E-state index in [1.807, 2.05) is 32.0 Å². The van der Waals surface area contributed by atoms with Crippen LogP contribution in [0.2, 0.25) is 0 Å². The number of benzene rings is 1. The topological polar surface area (TPSA) is 68.4 Å². The standard InChI is InChI=1S/C15H20N2O3/c1-5-12(10(3)18)15-16-14(17-20-15)11-6-7-13(19-4)9(2)8-11/h6-8,10,12,18H,5H2,1-4H3. The number of aromatic nitrogens is 2. The van der Waals surface area contributed by atoms with Gasteiger partial charge in [0, 0.05) is 5.56 Å². The fourth-order valence-electron chi connectivity index (χ4n) is 2.24. The zero-order valence-corrected chi connectivity index (χ0v) is 12.3. The van der Waals surface area contributed by atoms with Crippen LogP contribution in [0.15, 0.2) is 22.7 Å². The molecule has 1 heterocycles. The lowest BCUT2D eigenvalue weighted by molar-refractivity contribution is 0.141. The van der Waals surface area contributed by atoms with E-state index >= 15 is 0 Å². The molecule has 20 heavy (non-hydrogen) atoms. The summed E-state index contributed by atoms with van der Waals surface area (Å²) >= 11 is 0. The molecule has 0 amide bonds. The fourth-order valence-corrected chi connectivity index (χ4v) is 2.24. The van der Waals surface area contributed by atoms with Crippen LogP contribution in [-0.4, -0.2) is 28.5 Å². The molecule has 0 spiro atoms. The van der Waals surface area contributed by atoms with E-state index in [1.54, 1.807) is 14.0 Å². The quantitative estimate of drug-likeness (QED) is 0.909. The minimum Gasteiger partial charge on any atom is -0.496 e. The molecule has 0 aliphatic rings. The first-order valence-corrected chi connectivity index (χ1v) is 6.73. The normalized spacial score (nSPS) is 14.1. The number of nitrogens with zero attached hydrogens (tertiary/aromatic N) is 2. The minimum absolute atomic E-state index is 0.129. The Kier molecular flexibility index (Phi) is 4.39. The highest BCUT2D eigenvalue weighted by Gasteiger charge is 2.22. The van der Waals surface area contributed by atoms with Gasteiger partial charge in [0.05, 0.1) is 19.1 Å². The van der Waals surface area contributed by atoms with Crippen molar-refractivity contribution in [2.45, 2.75) is 39.2 Å². The molecule has 0 saturated carbocycles. The summed E-state index contributed by atoms with van der Waals surface area (Å²) in [6, 6.07) is 5.73. The molecule has 2 atom stereocenters. The van der Waals surface area contributed by atoms with Crippen molar-refractivity contribution in [1.29, 1.82) is 0 Å². The highest BCUT2D eigenvalue weighted by atomic mass is 16.5. The molecule has 108 valence electrons. The molecule has 0 fully saturated rings. The van der Waals surface area contributed by atoms with Crippen LogP contribution in [0.3, 0.4) is 0 Å². The molecule has 1 aromatic heterocycles. The van der Waals surface area contributed by atoms with Crippen molar-refractivity contribution in [2.75, 3.05) is 7.11 Å². The largest absolute Gasteiger partial charge is 0.496 e. The minimum atomic E-state index is -0.508. The Labute approximate surface area is 118 Å². The van der Waals surface area contributed by atoms with Gasteiger partial charge < -0.3 is 14.4 Å². The van der Waals surface area contributed by atoms with E-state index in [4.69, 9.17) is 9.26 Å². The van der Waals surface area contributed by atoms with Crippen LogP contribution in [0.4, 0.5) is 0 Å². The Morgan fingerprint density at radius 1 is 1.40 bits per heavy atom. The Hall–Kier alpha value is -1.88. The van der Waals surface area contributed by atoms with Gasteiger partial charge in [0.25, 0.3) is 0 Å². The summed E-state index contributed by atoms with van der Waals surface area (Å²) in [5, 5.41) is 13.7. The highest BCUT2D eigenvalue weighted by Crippen LogP contribution is 2.27. The molecule has 5 nitrogen and oxygen atoms in total. The van der Waals surface area contributed by atoms with Gasteiger partial charge >= 0.3 is 0 Å². The third-order valence-electron chi connectivity index (χ3n) is 3.43. The number of ether oxygens (including phenoxy) is 1. The van der Waals surface area contributed by atoms with Crippen molar-refractivity contribution in [3.05, 3.63) is 29.7 Å². The Bertz CT molecular complexity index is 578. The summed E-state index contributed by atoms with van der Waals surface area (Å²) in [5.74, 6) is 1.71. The first-order chi connectivity index (χ1) is 9.56. The number of hydrogen-bond acceptors (Lipinski definition) is 5. The molecule has 2 rings (SSSR count). The van der Waals surface area contributed by atoms with Gasteiger partial charge in [-0.15, -0.1) is 0 Å². The maximum Gasteiger partial charge on any atom is 0.232 e. The van der Waals surface area contributed by atoms with E-state index in [0.29, 0.717) is 11.7 Å². The Balaban J connectivity index is 2.31. The number of hydrogen-bond donors (Lipinski definition) is 1.